The summed E-state index contributed by atoms with van der Waals surface area (Å²) < 4.78 is 31.3. The van der Waals surface area contributed by atoms with Crippen molar-refractivity contribution in [1.29, 1.82) is 0 Å². The van der Waals surface area contributed by atoms with Crippen molar-refractivity contribution < 1.29 is 13.2 Å². The molecule has 1 saturated carbocycles. The fourth-order valence-corrected chi connectivity index (χ4v) is 2.82. The first kappa shape index (κ1) is 14.9. The van der Waals surface area contributed by atoms with Crippen LogP contribution in [0.1, 0.15) is 39.0 Å². The van der Waals surface area contributed by atoms with E-state index in [9.17, 15) is 8.42 Å². The highest BCUT2D eigenvalue weighted by Gasteiger charge is 2.18. The largest absolute Gasteiger partial charge is 0.377 e. The van der Waals surface area contributed by atoms with Crippen molar-refractivity contribution >= 4 is 10.0 Å². The lowest BCUT2D eigenvalue weighted by atomic mass is 9.98. The van der Waals surface area contributed by atoms with E-state index >= 15 is 0 Å². The van der Waals surface area contributed by atoms with Gasteiger partial charge >= 0.3 is 0 Å². The third kappa shape index (κ3) is 5.33. The monoisotopic (exact) mass is 264 g/mol. The van der Waals surface area contributed by atoms with E-state index < -0.39 is 15.3 Å². The first-order valence-electron chi connectivity index (χ1n) is 6.36. The van der Waals surface area contributed by atoms with E-state index in [1.807, 2.05) is 0 Å². The number of hydrogen-bond donors (Lipinski definition) is 2. The Hall–Kier alpha value is -0.170. The molecule has 6 heteroatoms. The molecule has 0 bridgehead atoms. The van der Waals surface area contributed by atoms with Gasteiger partial charge < -0.3 is 10.5 Å². The zero-order valence-electron chi connectivity index (χ0n) is 10.5. The third-order valence-corrected chi connectivity index (χ3v) is 5.03. The zero-order chi connectivity index (χ0) is 12.7. The number of nitrogens with one attached hydrogen (secondary N) is 1. The highest BCUT2D eigenvalue weighted by Crippen LogP contribution is 2.19. The summed E-state index contributed by atoms with van der Waals surface area (Å²) >= 11 is 0. The van der Waals surface area contributed by atoms with Crippen LogP contribution in [-0.4, -0.2) is 39.5 Å². The second-order valence-corrected chi connectivity index (χ2v) is 6.80. The van der Waals surface area contributed by atoms with E-state index in [0.717, 1.165) is 12.8 Å². The van der Waals surface area contributed by atoms with Gasteiger partial charge in [-0.3, -0.25) is 0 Å². The number of ether oxygens (including phenoxy) is 1. The molecule has 3 N–H and O–H groups in total. The van der Waals surface area contributed by atoms with Crippen LogP contribution in [0.5, 0.6) is 0 Å². The molecule has 0 heterocycles. The van der Waals surface area contributed by atoms with E-state index in [0.29, 0.717) is 19.3 Å². The maximum Gasteiger partial charge on any atom is 0.215 e. The molecule has 0 aromatic rings. The van der Waals surface area contributed by atoms with E-state index in [-0.39, 0.29) is 6.54 Å². The van der Waals surface area contributed by atoms with E-state index in [4.69, 9.17) is 10.5 Å². The van der Waals surface area contributed by atoms with Crippen molar-refractivity contribution in [1.82, 2.24) is 4.72 Å². The summed E-state index contributed by atoms with van der Waals surface area (Å²) in [6.45, 7) is 2.52. The molecule has 0 radical (unpaired) electrons. The Balaban J connectivity index is 2.15. The van der Waals surface area contributed by atoms with Gasteiger partial charge in [-0.15, -0.1) is 0 Å². The van der Waals surface area contributed by atoms with E-state index in [1.54, 1.807) is 6.92 Å². The van der Waals surface area contributed by atoms with Crippen LogP contribution in [0.2, 0.25) is 0 Å². The van der Waals surface area contributed by atoms with Crippen LogP contribution < -0.4 is 10.5 Å². The molecule has 1 fully saturated rings. The lowest BCUT2D eigenvalue weighted by molar-refractivity contribution is 0.0320. The Morgan fingerprint density at radius 3 is 2.59 bits per heavy atom. The number of sulfonamides is 1. The predicted octanol–water partition coefficient (Wildman–Crippen LogP) is 0.602. The van der Waals surface area contributed by atoms with Crippen molar-refractivity contribution in [2.75, 3.05) is 19.7 Å². The van der Waals surface area contributed by atoms with E-state index in [2.05, 4.69) is 4.72 Å². The SMILES string of the molecule is CC(CN)S(=O)(=O)NCCOC1CCCCC1. The van der Waals surface area contributed by atoms with Gasteiger partial charge in [-0.05, 0) is 19.8 Å². The fraction of sp³-hybridized carbons (Fsp3) is 1.00. The molecule has 1 atom stereocenters. The molecule has 0 aromatic carbocycles. The smallest absolute Gasteiger partial charge is 0.215 e. The molecule has 0 amide bonds. The van der Waals surface area contributed by atoms with E-state index in [1.165, 1.54) is 19.3 Å². The summed E-state index contributed by atoms with van der Waals surface area (Å²) in [5.41, 5.74) is 5.33. The van der Waals surface area contributed by atoms with Gasteiger partial charge in [-0.2, -0.15) is 0 Å². The molecule has 5 nitrogen and oxygen atoms in total. The van der Waals surface area contributed by atoms with Crippen molar-refractivity contribution in [3.05, 3.63) is 0 Å². The minimum Gasteiger partial charge on any atom is -0.377 e. The molecular weight excluding hydrogens is 240 g/mol. The van der Waals surface area contributed by atoms with Crippen LogP contribution in [0.4, 0.5) is 0 Å². The number of hydrogen-bond acceptors (Lipinski definition) is 4. The standard InChI is InChI=1S/C11H24N2O3S/c1-10(9-12)17(14,15)13-7-8-16-11-5-3-2-4-6-11/h10-11,13H,2-9,12H2,1H3. The average Bonchev–Trinajstić information content (AvgIpc) is 2.35. The fourth-order valence-electron chi connectivity index (χ4n) is 1.91. The molecule has 0 saturated heterocycles. The third-order valence-electron chi connectivity index (χ3n) is 3.17. The van der Waals surface area contributed by atoms with Crippen LogP contribution in [0.25, 0.3) is 0 Å². The Morgan fingerprint density at radius 2 is 2.00 bits per heavy atom. The molecule has 1 unspecified atom stereocenters. The van der Waals surface area contributed by atoms with Crippen LogP contribution in [-0.2, 0) is 14.8 Å². The normalized spacial score (nSPS) is 20.4. The molecule has 0 aromatic heterocycles. The molecule has 0 aliphatic heterocycles. The summed E-state index contributed by atoms with van der Waals surface area (Å²) in [6, 6.07) is 0. The first-order chi connectivity index (χ1) is 8.06. The van der Waals surface area contributed by atoms with Gasteiger partial charge in [0, 0.05) is 13.1 Å². The Bertz CT molecular complexity index is 300. The van der Waals surface area contributed by atoms with Crippen LogP contribution in [0.15, 0.2) is 0 Å². The quantitative estimate of drug-likeness (QED) is 0.660. The van der Waals surface area contributed by atoms with Crippen LogP contribution >= 0.6 is 0 Å². The second kappa shape index (κ2) is 7.31. The van der Waals surface area contributed by atoms with Crippen molar-refractivity contribution in [2.45, 2.75) is 50.4 Å². The van der Waals surface area contributed by atoms with Crippen molar-refractivity contribution in [3.63, 3.8) is 0 Å². The lowest BCUT2D eigenvalue weighted by Gasteiger charge is -2.22. The highest BCUT2D eigenvalue weighted by molar-refractivity contribution is 7.90. The highest BCUT2D eigenvalue weighted by atomic mass is 32.2. The topological polar surface area (TPSA) is 81.4 Å². The molecule has 0 spiro atoms. The van der Waals surface area contributed by atoms with Gasteiger partial charge in [0.1, 0.15) is 0 Å². The molecule has 1 aliphatic carbocycles. The van der Waals surface area contributed by atoms with Crippen molar-refractivity contribution in [2.24, 2.45) is 5.73 Å². The number of rotatable bonds is 7. The van der Waals surface area contributed by atoms with Crippen LogP contribution in [0, 0.1) is 0 Å². The molecule has 102 valence electrons. The average molecular weight is 264 g/mol. The van der Waals surface area contributed by atoms with Gasteiger partial charge in [0.25, 0.3) is 0 Å². The summed E-state index contributed by atoms with van der Waals surface area (Å²) in [7, 11) is -3.27. The van der Waals surface area contributed by atoms with Gasteiger partial charge in [0.2, 0.25) is 10.0 Å². The molecule has 1 aliphatic rings. The zero-order valence-corrected chi connectivity index (χ0v) is 11.3. The summed E-state index contributed by atoms with van der Waals surface area (Å²) in [4.78, 5) is 0. The molecule has 1 rings (SSSR count). The minimum absolute atomic E-state index is 0.138. The minimum atomic E-state index is -3.27. The second-order valence-electron chi connectivity index (χ2n) is 4.62. The molecule has 17 heavy (non-hydrogen) atoms. The van der Waals surface area contributed by atoms with Gasteiger partial charge in [0.15, 0.2) is 0 Å². The molecular formula is C11H24N2O3S. The Morgan fingerprint density at radius 1 is 1.35 bits per heavy atom. The maximum atomic E-state index is 11.6. The van der Waals surface area contributed by atoms with Gasteiger partial charge in [-0.1, -0.05) is 19.3 Å². The lowest BCUT2D eigenvalue weighted by Crippen LogP contribution is -2.38. The summed E-state index contributed by atoms with van der Waals surface area (Å²) in [6.07, 6.45) is 6.26. The first-order valence-corrected chi connectivity index (χ1v) is 7.91. The Labute approximate surface area is 104 Å². The van der Waals surface area contributed by atoms with Gasteiger partial charge in [0.05, 0.1) is 18.0 Å². The van der Waals surface area contributed by atoms with Gasteiger partial charge in [-0.25, -0.2) is 13.1 Å². The predicted molar refractivity (Wildman–Crippen MR) is 68.3 cm³/mol. The van der Waals surface area contributed by atoms with Crippen molar-refractivity contribution in [3.8, 4) is 0 Å². The maximum absolute atomic E-state index is 11.6. The summed E-state index contributed by atoms with van der Waals surface area (Å²) in [5.74, 6) is 0. The Kier molecular flexibility index (Phi) is 6.40. The van der Waals surface area contributed by atoms with Crippen LogP contribution in [0.3, 0.4) is 0 Å². The summed E-state index contributed by atoms with van der Waals surface area (Å²) in [5, 5.41) is -0.544. The number of nitrogens with two attached hydrogens (primary N) is 1.